The molecule has 0 bridgehead atoms. The highest BCUT2D eigenvalue weighted by Crippen LogP contribution is 2.35. The molecular formula is C33H45ClN8O3S. The first-order valence-corrected chi connectivity index (χ1v) is 18.1. The second kappa shape index (κ2) is 14.3. The topological polar surface area (TPSA) is 115 Å². The van der Waals surface area contributed by atoms with Crippen LogP contribution in [0.3, 0.4) is 0 Å². The van der Waals surface area contributed by atoms with Crippen molar-refractivity contribution >= 4 is 50.5 Å². The zero-order valence-electron chi connectivity index (χ0n) is 26.9. The van der Waals surface area contributed by atoms with Crippen LogP contribution < -0.4 is 25.0 Å². The molecule has 0 radical (unpaired) electrons. The molecule has 1 saturated carbocycles. The van der Waals surface area contributed by atoms with Crippen LogP contribution in [0.15, 0.2) is 53.6 Å². The van der Waals surface area contributed by atoms with Crippen molar-refractivity contribution in [1.29, 1.82) is 0 Å². The van der Waals surface area contributed by atoms with Crippen LogP contribution >= 0.6 is 11.6 Å². The van der Waals surface area contributed by atoms with Crippen molar-refractivity contribution in [3.63, 3.8) is 0 Å². The van der Waals surface area contributed by atoms with Crippen LogP contribution in [0.1, 0.15) is 39.5 Å². The number of piperazine rings is 1. The van der Waals surface area contributed by atoms with Gasteiger partial charge in [0.05, 0.1) is 23.7 Å². The molecule has 2 aromatic carbocycles. The van der Waals surface area contributed by atoms with Crippen molar-refractivity contribution in [3.8, 4) is 5.75 Å². The Hall–Kier alpha value is -3.16. The highest BCUT2D eigenvalue weighted by Gasteiger charge is 2.28. The average Bonchev–Trinajstić information content (AvgIpc) is 3.88. The first-order chi connectivity index (χ1) is 22.1. The quantitative estimate of drug-likeness (QED) is 0.235. The Balaban J connectivity index is 1.16. The molecule has 2 aliphatic heterocycles. The molecule has 1 aliphatic carbocycles. The summed E-state index contributed by atoms with van der Waals surface area (Å²) < 4.78 is 35.1. The van der Waals surface area contributed by atoms with Crippen molar-refractivity contribution < 1.29 is 13.2 Å². The number of hydrogen-bond donors (Lipinski definition) is 3. The maximum absolute atomic E-state index is 13.1. The van der Waals surface area contributed by atoms with Crippen molar-refractivity contribution in [1.82, 2.24) is 24.5 Å². The lowest BCUT2D eigenvalue weighted by atomic mass is 10.0. The van der Waals surface area contributed by atoms with E-state index < -0.39 is 10.0 Å². The van der Waals surface area contributed by atoms with Crippen molar-refractivity contribution in [2.45, 2.75) is 56.6 Å². The molecule has 3 fully saturated rings. The van der Waals surface area contributed by atoms with E-state index in [4.69, 9.17) is 16.3 Å². The number of aromatic nitrogens is 2. The molecule has 0 amide bonds. The van der Waals surface area contributed by atoms with Crippen LogP contribution in [0.5, 0.6) is 5.75 Å². The summed E-state index contributed by atoms with van der Waals surface area (Å²) in [5.41, 5.74) is 2.23. The molecule has 3 N–H and O–H groups in total. The summed E-state index contributed by atoms with van der Waals surface area (Å²) in [5.74, 6) is 1.71. The molecule has 3 heterocycles. The Morgan fingerprint density at radius 2 is 1.70 bits per heavy atom. The van der Waals surface area contributed by atoms with Gasteiger partial charge in [-0.05, 0) is 76.8 Å². The number of ether oxygens (including phenoxy) is 1. The number of sulfonamides is 1. The average molecular weight is 669 g/mol. The van der Waals surface area contributed by atoms with Crippen LogP contribution in [0, 0.1) is 5.92 Å². The summed E-state index contributed by atoms with van der Waals surface area (Å²) >= 11 is 6.48. The van der Waals surface area contributed by atoms with Gasteiger partial charge in [0.2, 0.25) is 16.0 Å². The molecular weight excluding hydrogens is 624 g/mol. The van der Waals surface area contributed by atoms with E-state index in [1.807, 2.05) is 19.9 Å². The zero-order chi connectivity index (χ0) is 32.3. The standard InChI is InChI=1S/C33H45ClN8O3S/c1-23(2)45-30-20-26(41-14-12-25(13-15-41)42-18-16-40(3)17-19-42)10-11-28(30)38-33-35-22-27(34)32(39-33)37-29-6-4-5-7-31(29)46(43,44)36-21-24-8-9-24/h4-7,10-11,20,22-25,36H,8-9,12-19,21H2,1-3H3,(H2,35,37,38,39). The smallest absolute Gasteiger partial charge is 0.242 e. The number of rotatable bonds is 12. The monoisotopic (exact) mass is 668 g/mol. The third-order valence-corrected chi connectivity index (χ3v) is 10.6. The second-order valence-corrected chi connectivity index (χ2v) is 15.0. The summed E-state index contributed by atoms with van der Waals surface area (Å²) in [4.78, 5) is 16.6. The van der Waals surface area contributed by atoms with Gasteiger partial charge in [0.25, 0.3) is 0 Å². The molecule has 13 heteroatoms. The Bertz CT molecular complexity index is 1600. The minimum absolute atomic E-state index is 0.0332. The van der Waals surface area contributed by atoms with Gasteiger partial charge in [-0.1, -0.05) is 23.7 Å². The number of hydrogen-bond acceptors (Lipinski definition) is 10. The van der Waals surface area contributed by atoms with Crippen LogP contribution in [-0.4, -0.2) is 93.2 Å². The molecule has 3 aliphatic rings. The third kappa shape index (κ3) is 8.21. The van der Waals surface area contributed by atoms with E-state index in [2.05, 4.69) is 59.2 Å². The van der Waals surface area contributed by atoms with Gasteiger partial charge in [-0.3, -0.25) is 4.90 Å². The minimum atomic E-state index is -3.72. The van der Waals surface area contributed by atoms with E-state index in [1.54, 1.807) is 24.3 Å². The first kappa shape index (κ1) is 32.8. The number of para-hydroxylation sites is 1. The summed E-state index contributed by atoms with van der Waals surface area (Å²) in [7, 11) is -1.52. The van der Waals surface area contributed by atoms with E-state index in [-0.39, 0.29) is 21.8 Å². The summed E-state index contributed by atoms with van der Waals surface area (Å²) in [5, 5.41) is 6.67. The predicted octanol–water partition coefficient (Wildman–Crippen LogP) is 5.31. The second-order valence-electron chi connectivity index (χ2n) is 12.8. The molecule has 2 saturated heterocycles. The highest BCUT2D eigenvalue weighted by atomic mass is 35.5. The van der Waals surface area contributed by atoms with Gasteiger partial charge in [-0.2, -0.15) is 4.98 Å². The molecule has 11 nitrogen and oxygen atoms in total. The number of likely N-dealkylation sites (N-methyl/N-ethyl adjacent to an activating group) is 1. The SMILES string of the molecule is CC(C)Oc1cc(N2CCC(N3CCN(C)CC3)CC2)ccc1Nc1ncc(Cl)c(Nc2ccccc2S(=O)(=O)NCC2CC2)n1. The van der Waals surface area contributed by atoms with Crippen molar-refractivity contribution in [2.75, 3.05) is 68.4 Å². The fourth-order valence-corrected chi connectivity index (χ4v) is 7.45. The zero-order valence-corrected chi connectivity index (χ0v) is 28.4. The fourth-order valence-electron chi connectivity index (χ4n) is 6.03. The lowest BCUT2D eigenvalue weighted by Gasteiger charge is -2.42. The number of halogens is 1. The van der Waals surface area contributed by atoms with Crippen LogP contribution in [0.25, 0.3) is 0 Å². The number of nitrogens with one attached hydrogen (secondary N) is 3. The third-order valence-electron chi connectivity index (χ3n) is 8.89. The molecule has 46 heavy (non-hydrogen) atoms. The Morgan fingerprint density at radius 1 is 0.957 bits per heavy atom. The molecule has 0 spiro atoms. The first-order valence-electron chi connectivity index (χ1n) is 16.3. The van der Waals surface area contributed by atoms with Crippen molar-refractivity contribution in [3.05, 3.63) is 53.7 Å². The minimum Gasteiger partial charge on any atom is -0.489 e. The number of piperidine rings is 1. The lowest BCUT2D eigenvalue weighted by Crippen LogP contribution is -2.52. The molecule has 1 aromatic heterocycles. The Morgan fingerprint density at radius 3 is 2.41 bits per heavy atom. The van der Waals surface area contributed by atoms with Gasteiger partial charge in [-0.15, -0.1) is 0 Å². The van der Waals surface area contributed by atoms with Gasteiger partial charge in [0.1, 0.15) is 15.7 Å². The molecule has 0 atom stereocenters. The van der Waals surface area contributed by atoms with E-state index in [1.165, 1.54) is 6.20 Å². The van der Waals surface area contributed by atoms with E-state index >= 15 is 0 Å². The van der Waals surface area contributed by atoms with Gasteiger partial charge >= 0.3 is 0 Å². The van der Waals surface area contributed by atoms with Gasteiger partial charge in [0.15, 0.2) is 5.82 Å². The summed E-state index contributed by atoms with van der Waals surface area (Å²) in [6.07, 6.45) is 5.87. The van der Waals surface area contributed by atoms with Crippen LogP contribution in [0.4, 0.5) is 28.8 Å². The van der Waals surface area contributed by atoms with Crippen LogP contribution in [0.2, 0.25) is 5.02 Å². The number of nitrogens with zero attached hydrogens (tertiary/aromatic N) is 5. The maximum atomic E-state index is 13.1. The van der Waals surface area contributed by atoms with E-state index in [9.17, 15) is 8.42 Å². The fraction of sp³-hybridized carbons (Fsp3) is 0.515. The van der Waals surface area contributed by atoms with Gasteiger partial charge < -0.3 is 25.2 Å². The molecule has 6 rings (SSSR count). The Labute approximate surface area is 277 Å². The normalized spacial score (nSPS) is 18.6. The maximum Gasteiger partial charge on any atom is 0.242 e. The predicted molar refractivity (Wildman–Crippen MR) is 184 cm³/mol. The largest absolute Gasteiger partial charge is 0.489 e. The highest BCUT2D eigenvalue weighted by molar-refractivity contribution is 7.89. The number of benzene rings is 2. The molecule has 248 valence electrons. The van der Waals surface area contributed by atoms with Crippen molar-refractivity contribution in [2.24, 2.45) is 5.92 Å². The van der Waals surface area contributed by atoms with Gasteiger partial charge in [0, 0.05) is 63.6 Å². The molecule has 0 unspecified atom stereocenters. The lowest BCUT2D eigenvalue weighted by molar-refractivity contribution is 0.0982. The summed E-state index contributed by atoms with van der Waals surface area (Å²) in [6.45, 7) is 11.1. The Kier molecular flexibility index (Phi) is 10.2. The van der Waals surface area contributed by atoms with Gasteiger partial charge in [-0.25, -0.2) is 18.1 Å². The van der Waals surface area contributed by atoms with Crippen LogP contribution in [-0.2, 0) is 10.0 Å². The van der Waals surface area contributed by atoms with E-state index in [0.717, 1.165) is 76.3 Å². The van der Waals surface area contributed by atoms with E-state index in [0.29, 0.717) is 35.9 Å². The molecule has 3 aromatic rings. The summed E-state index contributed by atoms with van der Waals surface area (Å²) in [6, 6.07) is 13.6. The number of anilines is 5.